The van der Waals surface area contributed by atoms with Crippen LogP contribution in [0.4, 0.5) is 0 Å². The average Bonchev–Trinajstić information content (AvgIpc) is 2.92. The Bertz CT molecular complexity index is 734. The van der Waals surface area contributed by atoms with E-state index in [1.165, 1.54) is 0 Å². The molecule has 0 saturated heterocycles. The van der Waals surface area contributed by atoms with Gasteiger partial charge in [0, 0.05) is 12.8 Å². The van der Waals surface area contributed by atoms with Gasteiger partial charge in [-0.25, -0.2) is 0 Å². The van der Waals surface area contributed by atoms with Crippen molar-refractivity contribution in [2.75, 3.05) is 0 Å². The minimum absolute atomic E-state index is 0.0863. The molecule has 3 nitrogen and oxygen atoms in total. The molecule has 3 heteroatoms. The van der Waals surface area contributed by atoms with Gasteiger partial charge in [0.15, 0.2) is 5.78 Å². The second kappa shape index (κ2) is 7.57. The highest BCUT2D eigenvalue weighted by Gasteiger charge is 2.64. The van der Waals surface area contributed by atoms with Crippen LogP contribution in [-0.4, -0.2) is 22.3 Å². The van der Waals surface area contributed by atoms with Gasteiger partial charge in [-0.05, 0) is 85.5 Å². The summed E-state index contributed by atoms with van der Waals surface area (Å²) in [5.74, 6) is 2.95. The molecule has 0 radical (unpaired) electrons. The first-order valence-electron chi connectivity index (χ1n) is 12.5. The fourth-order valence-electron chi connectivity index (χ4n) is 8.50. The van der Waals surface area contributed by atoms with Crippen LogP contribution >= 0.6 is 0 Å². The highest BCUT2D eigenvalue weighted by Crippen LogP contribution is 2.67. The first kappa shape index (κ1) is 22.2. The second-order valence-electron chi connectivity index (χ2n) is 12.3. The largest absolute Gasteiger partial charge is 0.389 e. The van der Waals surface area contributed by atoms with Gasteiger partial charge in [0.1, 0.15) is 5.78 Å². The lowest BCUT2D eigenvalue weighted by molar-refractivity contribution is -0.142. The smallest absolute Gasteiger partial charge is 0.155 e. The molecule has 4 aliphatic carbocycles. The minimum Gasteiger partial charge on any atom is -0.389 e. The highest BCUT2D eigenvalue weighted by molar-refractivity contribution is 5.91. The molecule has 8 atom stereocenters. The maximum absolute atomic E-state index is 13.4. The Morgan fingerprint density at radius 3 is 2.57 bits per heavy atom. The number of fused-ring (bicyclic) bond motifs is 5. The quantitative estimate of drug-likeness (QED) is 0.623. The number of Topliss-reactive ketones (excluding diaryl/α,β-unsaturated/α-hetero) is 1. The van der Waals surface area contributed by atoms with E-state index in [4.69, 9.17) is 0 Å². The lowest BCUT2D eigenvalue weighted by Gasteiger charge is -2.59. The molecule has 4 rings (SSSR count). The van der Waals surface area contributed by atoms with Gasteiger partial charge in [-0.3, -0.25) is 9.59 Å². The van der Waals surface area contributed by atoms with Gasteiger partial charge < -0.3 is 5.11 Å². The Labute approximate surface area is 183 Å². The van der Waals surface area contributed by atoms with Crippen molar-refractivity contribution < 1.29 is 14.7 Å². The van der Waals surface area contributed by atoms with Gasteiger partial charge in [-0.15, -0.1) is 0 Å². The predicted octanol–water partition coefficient (Wildman–Crippen LogP) is 5.75. The van der Waals surface area contributed by atoms with E-state index in [-0.39, 0.29) is 22.5 Å². The Morgan fingerprint density at radius 1 is 1.13 bits per heavy atom. The number of hydrogen-bond donors (Lipinski definition) is 1. The van der Waals surface area contributed by atoms with Gasteiger partial charge in [0.05, 0.1) is 11.5 Å². The second-order valence-corrected chi connectivity index (χ2v) is 12.3. The number of aliphatic hydroxyl groups is 1. The summed E-state index contributed by atoms with van der Waals surface area (Å²) in [5.41, 5.74) is -0.892. The molecule has 168 valence electrons. The number of carbonyl (C=O) groups excluding carboxylic acids is 2. The zero-order chi connectivity index (χ0) is 21.9. The molecule has 0 bridgehead atoms. The maximum Gasteiger partial charge on any atom is 0.155 e. The molecule has 1 N–H and O–H groups in total. The van der Waals surface area contributed by atoms with Crippen LogP contribution in [-0.2, 0) is 9.59 Å². The van der Waals surface area contributed by atoms with Gasteiger partial charge in [-0.1, -0.05) is 46.6 Å². The molecule has 0 aromatic heterocycles. The summed E-state index contributed by atoms with van der Waals surface area (Å²) in [6.45, 7) is 11.1. The van der Waals surface area contributed by atoms with E-state index < -0.39 is 5.60 Å². The number of allylic oxidation sites excluding steroid dienone is 2. The third-order valence-corrected chi connectivity index (χ3v) is 9.97. The van der Waals surface area contributed by atoms with Gasteiger partial charge in [0.2, 0.25) is 0 Å². The number of rotatable bonds is 5. The van der Waals surface area contributed by atoms with Crippen LogP contribution in [0.3, 0.4) is 0 Å². The normalized spacial score (nSPS) is 45.1. The summed E-state index contributed by atoms with van der Waals surface area (Å²) in [4.78, 5) is 25.4. The molecule has 3 saturated carbocycles. The first-order valence-corrected chi connectivity index (χ1v) is 12.5. The van der Waals surface area contributed by atoms with Crippen molar-refractivity contribution in [3.8, 4) is 0 Å². The van der Waals surface area contributed by atoms with Crippen molar-refractivity contribution >= 4 is 11.6 Å². The fourth-order valence-corrected chi connectivity index (χ4v) is 8.50. The SMILES string of the molecule is CC(C)CCC[C@](C)(O)[C@H]1C(=O)C[C@H]2[C@@H]3CC[C@H]4CC(=O)C=C[C@]4(C)[C@H]3CC[C@@]21C. The first-order chi connectivity index (χ1) is 14.0. The van der Waals surface area contributed by atoms with Crippen LogP contribution in [0.25, 0.3) is 0 Å². The van der Waals surface area contributed by atoms with E-state index >= 15 is 0 Å². The van der Waals surface area contributed by atoms with Crippen LogP contribution in [0.1, 0.15) is 92.4 Å². The molecule has 30 heavy (non-hydrogen) atoms. The van der Waals surface area contributed by atoms with E-state index in [2.05, 4.69) is 33.8 Å². The molecule has 0 aliphatic heterocycles. The molecule has 0 spiro atoms. The average molecular weight is 415 g/mol. The van der Waals surface area contributed by atoms with Crippen molar-refractivity contribution in [2.24, 2.45) is 46.3 Å². The monoisotopic (exact) mass is 414 g/mol. The van der Waals surface area contributed by atoms with Crippen LogP contribution in [0.15, 0.2) is 12.2 Å². The third-order valence-electron chi connectivity index (χ3n) is 9.97. The lowest BCUT2D eigenvalue weighted by Crippen LogP contribution is -2.54. The molecular formula is C27H42O3. The topological polar surface area (TPSA) is 54.4 Å². The van der Waals surface area contributed by atoms with Gasteiger partial charge >= 0.3 is 0 Å². The zero-order valence-electron chi connectivity index (χ0n) is 19.7. The number of ketones is 2. The zero-order valence-corrected chi connectivity index (χ0v) is 19.7. The Balaban J connectivity index is 1.58. The summed E-state index contributed by atoms with van der Waals surface area (Å²) in [5, 5.41) is 11.5. The molecule has 3 fully saturated rings. The summed E-state index contributed by atoms with van der Waals surface area (Å²) in [7, 11) is 0. The fraction of sp³-hybridized carbons (Fsp3) is 0.852. The van der Waals surface area contributed by atoms with E-state index in [1.54, 1.807) is 0 Å². The third kappa shape index (κ3) is 3.44. The Morgan fingerprint density at radius 2 is 1.87 bits per heavy atom. The molecule has 4 aliphatic rings. The molecule has 0 heterocycles. The van der Waals surface area contributed by atoms with Crippen molar-refractivity contribution in [3.05, 3.63) is 12.2 Å². The summed E-state index contributed by atoms with van der Waals surface area (Å²) in [6.07, 6.45) is 12.6. The summed E-state index contributed by atoms with van der Waals surface area (Å²) < 4.78 is 0. The highest BCUT2D eigenvalue weighted by atomic mass is 16.3. The molecule has 0 aromatic carbocycles. The lowest BCUT2D eigenvalue weighted by atomic mass is 9.45. The summed E-state index contributed by atoms with van der Waals surface area (Å²) in [6, 6.07) is 0. The van der Waals surface area contributed by atoms with E-state index in [9.17, 15) is 14.7 Å². The van der Waals surface area contributed by atoms with Crippen molar-refractivity contribution in [1.82, 2.24) is 0 Å². The standard InChI is InChI=1S/C27H42O3/c1-17(2)7-6-12-27(5,30)24-23(29)16-22-20-9-8-18-15-19(28)10-13-25(18,3)21(20)11-14-26(22,24)4/h10,13,17-18,20-22,24,30H,6-9,11-12,14-16H2,1-5H3/t18-,20+,21-,22-,24-,25-,26-,27-/m0/s1. The molecule has 0 amide bonds. The minimum atomic E-state index is -0.902. The van der Waals surface area contributed by atoms with Crippen LogP contribution in [0, 0.1) is 46.3 Å². The number of carbonyl (C=O) groups is 2. The van der Waals surface area contributed by atoms with Crippen molar-refractivity contribution in [2.45, 2.75) is 98.0 Å². The van der Waals surface area contributed by atoms with E-state index in [0.717, 1.165) is 44.9 Å². The predicted molar refractivity (Wildman–Crippen MR) is 120 cm³/mol. The molecule has 0 unspecified atom stereocenters. The van der Waals surface area contributed by atoms with Gasteiger partial charge in [0.25, 0.3) is 0 Å². The molecular weight excluding hydrogens is 372 g/mol. The maximum atomic E-state index is 13.4. The van der Waals surface area contributed by atoms with Gasteiger partial charge in [-0.2, -0.15) is 0 Å². The van der Waals surface area contributed by atoms with Crippen LogP contribution < -0.4 is 0 Å². The molecule has 0 aromatic rings. The van der Waals surface area contributed by atoms with E-state index in [0.29, 0.717) is 48.2 Å². The van der Waals surface area contributed by atoms with Crippen LogP contribution in [0.2, 0.25) is 0 Å². The number of hydrogen-bond acceptors (Lipinski definition) is 3. The van der Waals surface area contributed by atoms with Crippen LogP contribution in [0.5, 0.6) is 0 Å². The Kier molecular flexibility index (Phi) is 5.61. The van der Waals surface area contributed by atoms with E-state index in [1.807, 2.05) is 13.0 Å². The summed E-state index contributed by atoms with van der Waals surface area (Å²) >= 11 is 0. The Hall–Kier alpha value is -0.960. The van der Waals surface area contributed by atoms with Crippen molar-refractivity contribution in [3.63, 3.8) is 0 Å². The van der Waals surface area contributed by atoms with Crippen molar-refractivity contribution in [1.29, 1.82) is 0 Å².